The first kappa shape index (κ1) is 19.0. The monoisotopic (exact) mass is 380 g/mol. The molecule has 1 heterocycles. The maximum absolute atomic E-state index is 11.9. The van der Waals surface area contributed by atoms with E-state index in [0.717, 1.165) is 29.7 Å². The van der Waals surface area contributed by atoms with Gasteiger partial charge in [-0.05, 0) is 49.4 Å². The third kappa shape index (κ3) is 3.19. The Morgan fingerprint density at radius 3 is 2.71 bits per heavy atom. The Morgan fingerprint density at radius 2 is 1.96 bits per heavy atom. The standard InChI is InChI=1S/C23H28N2O3/c1-13(26)25-21-16-7-5-4-6-14(16)8-10-17(21)15-9-11-19-18(12-15)20(24)22(27)23(2,3)28-19/h4-7,9,11-12,17,20-22,27H,8,10,24H2,1-3H3,(H,25,26). The van der Waals surface area contributed by atoms with Gasteiger partial charge in [-0.1, -0.05) is 36.4 Å². The van der Waals surface area contributed by atoms with Gasteiger partial charge in [0.2, 0.25) is 5.91 Å². The first-order valence-electron chi connectivity index (χ1n) is 9.89. The molecule has 0 spiro atoms. The van der Waals surface area contributed by atoms with Crippen LogP contribution in [0.25, 0.3) is 0 Å². The Hall–Kier alpha value is -2.37. The number of carbonyl (C=O) groups excluding carboxylic acids is 1. The molecule has 148 valence electrons. The molecule has 0 radical (unpaired) electrons. The average Bonchev–Trinajstić information content (AvgIpc) is 2.66. The number of benzene rings is 2. The molecular formula is C23H28N2O3. The Morgan fingerprint density at radius 1 is 1.21 bits per heavy atom. The molecule has 4 atom stereocenters. The van der Waals surface area contributed by atoms with E-state index in [2.05, 4.69) is 23.5 Å². The van der Waals surface area contributed by atoms with Gasteiger partial charge in [-0.15, -0.1) is 0 Å². The molecule has 1 amide bonds. The fourth-order valence-electron chi connectivity index (χ4n) is 4.61. The van der Waals surface area contributed by atoms with Crippen LogP contribution in [-0.4, -0.2) is 22.7 Å². The number of aryl methyl sites for hydroxylation is 1. The zero-order valence-corrected chi connectivity index (χ0v) is 16.6. The quantitative estimate of drug-likeness (QED) is 0.747. The Labute approximate surface area is 165 Å². The molecule has 2 aromatic carbocycles. The second-order valence-electron chi connectivity index (χ2n) is 8.50. The van der Waals surface area contributed by atoms with Gasteiger partial charge in [0.15, 0.2) is 0 Å². The van der Waals surface area contributed by atoms with E-state index in [1.54, 1.807) is 6.92 Å². The molecule has 5 nitrogen and oxygen atoms in total. The number of nitrogens with one attached hydrogen (secondary N) is 1. The van der Waals surface area contributed by atoms with Gasteiger partial charge < -0.3 is 20.9 Å². The van der Waals surface area contributed by atoms with Gasteiger partial charge in [0.1, 0.15) is 17.5 Å². The van der Waals surface area contributed by atoms with Crippen molar-refractivity contribution in [2.45, 2.75) is 63.3 Å². The van der Waals surface area contributed by atoms with Gasteiger partial charge in [-0.3, -0.25) is 4.79 Å². The summed E-state index contributed by atoms with van der Waals surface area (Å²) in [5.41, 5.74) is 10.0. The summed E-state index contributed by atoms with van der Waals surface area (Å²) in [6.45, 7) is 5.25. The van der Waals surface area contributed by atoms with Gasteiger partial charge in [0.05, 0.1) is 12.1 Å². The number of rotatable bonds is 2. The number of carbonyl (C=O) groups is 1. The number of nitrogens with two attached hydrogens (primary N) is 1. The Bertz CT molecular complexity index is 908. The topological polar surface area (TPSA) is 84.6 Å². The van der Waals surface area contributed by atoms with E-state index in [4.69, 9.17) is 10.5 Å². The van der Waals surface area contributed by atoms with Crippen LogP contribution in [0.15, 0.2) is 42.5 Å². The van der Waals surface area contributed by atoms with Gasteiger partial charge >= 0.3 is 0 Å². The molecule has 0 bridgehead atoms. The first-order valence-corrected chi connectivity index (χ1v) is 9.89. The van der Waals surface area contributed by atoms with Gasteiger partial charge in [0, 0.05) is 18.4 Å². The normalized spacial score (nSPS) is 27.9. The highest BCUT2D eigenvalue weighted by atomic mass is 16.5. The Balaban J connectivity index is 1.74. The lowest BCUT2D eigenvalue weighted by Crippen LogP contribution is -2.51. The van der Waals surface area contributed by atoms with Crippen molar-refractivity contribution in [1.29, 1.82) is 0 Å². The summed E-state index contributed by atoms with van der Waals surface area (Å²) in [6.07, 6.45) is 1.12. The molecule has 4 rings (SSSR count). The van der Waals surface area contributed by atoms with Crippen LogP contribution in [0.5, 0.6) is 5.75 Å². The summed E-state index contributed by atoms with van der Waals surface area (Å²) >= 11 is 0. The smallest absolute Gasteiger partial charge is 0.217 e. The lowest BCUT2D eigenvalue weighted by atomic mass is 9.75. The van der Waals surface area contributed by atoms with Gasteiger partial charge in [-0.2, -0.15) is 0 Å². The van der Waals surface area contributed by atoms with E-state index in [1.807, 2.05) is 38.1 Å². The van der Waals surface area contributed by atoms with Gasteiger partial charge in [0.25, 0.3) is 0 Å². The van der Waals surface area contributed by atoms with Crippen LogP contribution in [0.2, 0.25) is 0 Å². The molecule has 28 heavy (non-hydrogen) atoms. The largest absolute Gasteiger partial charge is 0.485 e. The molecule has 4 unspecified atom stereocenters. The van der Waals surface area contributed by atoms with Crippen molar-refractivity contribution in [3.63, 3.8) is 0 Å². The summed E-state index contributed by atoms with van der Waals surface area (Å²) in [6, 6.07) is 13.8. The van der Waals surface area contributed by atoms with E-state index < -0.39 is 17.7 Å². The molecule has 5 heteroatoms. The molecule has 0 saturated carbocycles. The highest BCUT2D eigenvalue weighted by Crippen LogP contribution is 2.44. The summed E-state index contributed by atoms with van der Waals surface area (Å²) in [5.74, 6) is 0.823. The maximum atomic E-state index is 11.9. The zero-order valence-electron chi connectivity index (χ0n) is 16.6. The van der Waals surface area contributed by atoms with Crippen molar-refractivity contribution in [2.75, 3.05) is 0 Å². The summed E-state index contributed by atoms with van der Waals surface area (Å²) in [7, 11) is 0. The second-order valence-corrected chi connectivity index (χ2v) is 8.50. The van der Waals surface area contributed by atoms with E-state index >= 15 is 0 Å². The molecule has 2 aromatic rings. The van der Waals surface area contributed by atoms with Crippen molar-refractivity contribution < 1.29 is 14.6 Å². The van der Waals surface area contributed by atoms with Crippen LogP contribution in [0.1, 0.15) is 67.4 Å². The van der Waals surface area contributed by atoms with Crippen LogP contribution < -0.4 is 15.8 Å². The first-order chi connectivity index (χ1) is 13.3. The van der Waals surface area contributed by atoms with Crippen molar-refractivity contribution >= 4 is 5.91 Å². The maximum Gasteiger partial charge on any atom is 0.217 e. The second kappa shape index (κ2) is 6.90. The molecular weight excluding hydrogens is 352 g/mol. The van der Waals surface area contributed by atoms with Crippen molar-refractivity contribution in [3.05, 3.63) is 64.7 Å². The van der Waals surface area contributed by atoms with Crippen molar-refractivity contribution in [2.24, 2.45) is 5.73 Å². The number of hydrogen-bond donors (Lipinski definition) is 3. The predicted molar refractivity (Wildman–Crippen MR) is 108 cm³/mol. The molecule has 1 aliphatic heterocycles. The molecule has 0 fully saturated rings. The fraction of sp³-hybridized carbons (Fsp3) is 0.435. The van der Waals surface area contributed by atoms with Crippen molar-refractivity contribution in [3.8, 4) is 5.75 Å². The van der Waals surface area contributed by atoms with Crippen LogP contribution in [0.4, 0.5) is 0 Å². The number of ether oxygens (including phenoxy) is 1. The fourth-order valence-corrected chi connectivity index (χ4v) is 4.61. The number of fused-ring (bicyclic) bond motifs is 2. The molecule has 4 N–H and O–H groups in total. The minimum atomic E-state index is -0.784. The van der Waals surface area contributed by atoms with Crippen LogP contribution in [0.3, 0.4) is 0 Å². The van der Waals surface area contributed by atoms with E-state index in [0.29, 0.717) is 0 Å². The third-order valence-corrected chi connectivity index (χ3v) is 6.12. The molecule has 2 aliphatic rings. The van der Waals surface area contributed by atoms with Crippen molar-refractivity contribution in [1.82, 2.24) is 5.32 Å². The van der Waals surface area contributed by atoms with Crippen LogP contribution in [-0.2, 0) is 11.2 Å². The van der Waals surface area contributed by atoms with Crippen LogP contribution >= 0.6 is 0 Å². The van der Waals surface area contributed by atoms with Gasteiger partial charge in [-0.25, -0.2) is 0 Å². The highest BCUT2D eigenvalue weighted by molar-refractivity contribution is 5.74. The number of aliphatic hydroxyl groups is 1. The minimum absolute atomic E-state index is 0.0399. The van der Waals surface area contributed by atoms with Crippen LogP contribution in [0, 0.1) is 0 Å². The number of amides is 1. The Kier molecular flexibility index (Phi) is 4.68. The number of aliphatic hydroxyl groups excluding tert-OH is 1. The van der Waals surface area contributed by atoms with E-state index in [9.17, 15) is 9.90 Å². The summed E-state index contributed by atoms with van der Waals surface area (Å²) < 4.78 is 5.99. The number of hydrogen-bond acceptors (Lipinski definition) is 4. The average molecular weight is 380 g/mol. The van der Waals surface area contributed by atoms with E-state index in [1.165, 1.54) is 11.1 Å². The predicted octanol–water partition coefficient (Wildman–Crippen LogP) is 3.13. The summed E-state index contributed by atoms with van der Waals surface area (Å²) in [5, 5.41) is 13.7. The molecule has 0 saturated heterocycles. The highest BCUT2D eigenvalue weighted by Gasteiger charge is 2.42. The minimum Gasteiger partial charge on any atom is -0.485 e. The molecule has 0 aromatic heterocycles. The summed E-state index contributed by atoms with van der Waals surface area (Å²) in [4.78, 5) is 11.9. The zero-order chi connectivity index (χ0) is 20.1. The third-order valence-electron chi connectivity index (χ3n) is 6.12. The lowest BCUT2D eigenvalue weighted by Gasteiger charge is -2.41. The lowest BCUT2D eigenvalue weighted by molar-refractivity contribution is -0.119. The SMILES string of the molecule is CC(=O)NC1c2ccccc2CCC1c1ccc2c(c1)C(N)C(O)C(C)(C)O2. The van der Waals surface area contributed by atoms with E-state index in [-0.39, 0.29) is 17.9 Å². The molecule has 1 aliphatic carbocycles.